The Morgan fingerprint density at radius 1 is 0.500 bits per heavy atom. The number of ether oxygens (including phenoxy) is 1. The number of rotatable bonds is 2. The maximum Gasteiger partial charge on any atom is 0.131 e. The Hall–Kier alpha value is -3.32. The summed E-state index contributed by atoms with van der Waals surface area (Å²) in [4.78, 5) is 0. The lowest BCUT2D eigenvalue weighted by Crippen LogP contribution is -2.24. The van der Waals surface area contributed by atoms with Crippen molar-refractivity contribution < 1.29 is 4.74 Å². The Morgan fingerprint density at radius 3 is 1.36 bits per heavy atom. The molecule has 0 radical (unpaired) electrons. The lowest BCUT2D eigenvalue weighted by atomic mass is 9.74. The molecule has 1 heterocycles. The summed E-state index contributed by atoms with van der Waals surface area (Å²) < 4.78 is 6.29. The van der Waals surface area contributed by atoms with Crippen LogP contribution in [0.3, 0.4) is 0 Å². The number of benzene rings is 4. The highest BCUT2D eigenvalue weighted by molar-refractivity contribution is 5.72. The molecule has 0 fully saturated rings. The van der Waals surface area contributed by atoms with Crippen molar-refractivity contribution >= 4 is 0 Å². The Kier molecular flexibility index (Phi) is 3.84. The first-order chi connectivity index (χ1) is 13.6. The Morgan fingerprint density at radius 2 is 0.929 bits per heavy atom. The Bertz CT molecular complexity index is 1050. The van der Waals surface area contributed by atoms with Gasteiger partial charge in [-0.1, -0.05) is 86.6 Å². The molecule has 4 aromatic rings. The molecule has 0 saturated heterocycles. The van der Waals surface area contributed by atoms with Crippen LogP contribution in [0.4, 0.5) is 0 Å². The molecule has 0 amide bonds. The van der Waals surface area contributed by atoms with E-state index >= 15 is 0 Å². The molecule has 4 aromatic carbocycles. The van der Waals surface area contributed by atoms with E-state index in [0.717, 1.165) is 11.5 Å². The average molecular weight is 362 g/mol. The molecule has 0 spiro atoms. The average Bonchev–Trinajstić information content (AvgIpc) is 2.75. The van der Waals surface area contributed by atoms with E-state index in [1.807, 2.05) is 0 Å². The van der Waals surface area contributed by atoms with Gasteiger partial charge in [0.2, 0.25) is 0 Å². The topological polar surface area (TPSA) is 9.23 Å². The maximum atomic E-state index is 6.29. The van der Waals surface area contributed by atoms with Crippen LogP contribution in [0, 0.1) is 0 Å². The summed E-state index contributed by atoms with van der Waals surface area (Å²) in [5, 5.41) is 0. The lowest BCUT2D eigenvalue weighted by molar-refractivity contribution is 0.418. The van der Waals surface area contributed by atoms with E-state index in [4.69, 9.17) is 4.74 Å². The van der Waals surface area contributed by atoms with Gasteiger partial charge in [-0.15, -0.1) is 0 Å². The fourth-order valence-electron chi connectivity index (χ4n) is 4.10. The molecule has 0 aromatic heterocycles. The second-order valence-corrected chi connectivity index (χ2v) is 7.88. The van der Waals surface area contributed by atoms with Gasteiger partial charge in [0.25, 0.3) is 0 Å². The molecule has 0 aliphatic carbocycles. The van der Waals surface area contributed by atoms with Crippen molar-refractivity contribution in [3.05, 3.63) is 108 Å². The molecule has 28 heavy (non-hydrogen) atoms. The third-order valence-corrected chi connectivity index (χ3v) is 5.74. The molecule has 1 heteroatoms. The van der Waals surface area contributed by atoms with Gasteiger partial charge < -0.3 is 4.74 Å². The van der Waals surface area contributed by atoms with Gasteiger partial charge in [0, 0.05) is 16.5 Å². The Balaban J connectivity index is 1.63. The van der Waals surface area contributed by atoms with Gasteiger partial charge in [-0.25, -0.2) is 0 Å². The van der Waals surface area contributed by atoms with Gasteiger partial charge in [-0.2, -0.15) is 0 Å². The minimum absolute atomic E-state index is 0.140. The molecule has 0 unspecified atom stereocenters. The molecule has 0 saturated carbocycles. The summed E-state index contributed by atoms with van der Waals surface area (Å²) in [5.74, 6) is 1.90. The zero-order valence-corrected chi connectivity index (χ0v) is 16.1. The van der Waals surface area contributed by atoms with Crippen LogP contribution in [0.5, 0.6) is 11.5 Å². The largest absolute Gasteiger partial charge is 0.457 e. The predicted molar refractivity (Wildman–Crippen MR) is 116 cm³/mol. The quantitative estimate of drug-likeness (QED) is 0.360. The van der Waals surface area contributed by atoms with E-state index in [1.165, 1.54) is 33.4 Å². The monoisotopic (exact) mass is 362 g/mol. The van der Waals surface area contributed by atoms with E-state index in [0.29, 0.717) is 0 Å². The summed E-state index contributed by atoms with van der Waals surface area (Å²) in [6.45, 7) is 4.58. The number of fused-ring (bicyclic) bond motifs is 2. The van der Waals surface area contributed by atoms with Crippen LogP contribution in [-0.2, 0) is 5.41 Å². The molecule has 1 aliphatic rings. The number of hydrogen-bond donors (Lipinski definition) is 0. The normalized spacial score (nSPS) is 13.9. The van der Waals surface area contributed by atoms with E-state index in [9.17, 15) is 0 Å². The van der Waals surface area contributed by atoms with Gasteiger partial charge in [-0.05, 0) is 46.5 Å². The maximum absolute atomic E-state index is 6.29. The highest BCUT2D eigenvalue weighted by Gasteiger charge is 2.34. The zero-order chi connectivity index (χ0) is 19.1. The van der Waals surface area contributed by atoms with Crippen LogP contribution in [0.1, 0.15) is 25.0 Å². The highest BCUT2D eigenvalue weighted by Crippen LogP contribution is 2.49. The summed E-state index contributed by atoms with van der Waals surface area (Å²) in [5.41, 5.74) is 7.21. The predicted octanol–water partition coefficient (Wildman–Crippen LogP) is 7.45. The Labute approximate surface area is 166 Å². The minimum atomic E-state index is -0.140. The summed E-state index contributed by atoms with van der Waals surface area (Å²) in [6, 6.07) is 34.1. The summed E-state index contributed by atoms with van der Waals surface area (Å²) >= 11 is 0. The van der Waals surface area contributed by atoms with Crippen molar-refractivity contribution in [3.63, 3.8) is 0 Å². The van der Waals surface area contributed by atoms with Crippen molar-refractivity contribution in [3.8, 4) is 33.8 Å². The molecular formula is C27H22O. The van der Waals surface area contributed by atoms with Crippen LogP contribution in [0.25, 0.3) is 22.3 Å². The summed E-state index contributed by atoms with van der Waals surface area (Å²) in [6.07, 6.45) is 0. The van der Waals surface area contributed by atoms with E-state index in [1.54, 1.807) is 0 Å². The van der Waals surface area contributed by atoms with Crippen LogP contribution in [0.15, 0.2) is 97.1 Å². The highest BCUT2D eigenvalue weighted by atomic mass is 16.5. The first-order valence-corrected chi connectivity index (χ1v) is 9.71. The van der Waals surface area contributed by atoms with Crippen LogP contribution >= 0.6 is 0 Å². The van der Waals surface area contributed by atoms with Crippen molar-refractivity contribution in [2.24, 2.45) is 0 Å². The molecule has 0 bridgehead atoms. The second-order valence-electron chi connectivity index (χ2n) is 7.88. The van der Waals surface area contributed by atoms with Gasteiger partial charge in [0.05, 0.1) is 0 Å². The SMILES string of the molecule is CC1(C)c2cc(-c3ccccc3)ccc2Oc2ccc(-c3ccccc3)cc21. The van der Waals surface area contributed by atoms with Gasteiger partial charge in [0.15, 0.2) is 0 Å². The van der Waals surface area contributed by atoms with Gasteiger partial charge in [-0.3, -0.25) is 0 Å². The van der Waals surface area contributed by atoms with Crippen LogP contribution < -0.4 is 4.74 Å². The molecule has 0 N–H and O–H groups in total. The second kappa shape index (κ2) is 6.38. The third kappa shape index (κ3) is 2.71. The van der Waals surface area contributed by atoms with E-state index < -0.39 is 0 Å². The smallest absolute Gasteiger partial charge is 0.131 e. The first kappa shape index (κ1) is 16.8. The van der Waals surface area contributed by atoms with E-state index in [-0.39, 0.29) is 5.41 Å². The summed E-state index contributed by atoms with van der Waals surface area (Å²) in [7, 11) is 0. The lowest BCUT2D eigenvalue weighted by Gasteiger charge is -2.35. The van der Waals surface area contributed by atoms with Gasteiger partial charge >= 0.3 is 0 Å². The van der Waals surface area contributed by atoms with Crippen molar-refractivity contribution in [1.82, 2.24) is 0 Å². The molecule has 136 valence electrons. The molecule has 0 atom stereocenters. The van der Waals surface area contributed by atoms with Gasteiger partial charge in [0.1, 0.15) is 11.5 Å². The van der Waals surface area contributed by atoms with Crippen molar-refractivity contribution in [1.29, 1.82) is 0 Å². The van der Waals surface area contributed by atoms with E-state index in [2.05, 4.69) is 111 Å². The molecular weight excluding hydrogens is 340 g/mol. The fourth-order valence-corrected chi connectivity index (χ4v) is 4.10. The minimum Gasteiger partial charge on any atom is -0.457 e. The van der Waals surface area contributed by atoms with Crippen LogP contribution in [-0.4, -0.2) is 0 Å². The first-order valence-electron chi connectivity index (χ1n) is 9.71. The van der Waals surface area contributed by atoms with Crippen molar-refractivity contribution in [2.75, 3.05) is 0 Å². The standard InChI is InChI=1S/C27H22O/c1-27(2)23-17-21(19-9-5-3-6-10-19)13-15-25(23)28-26-16-14-22(18-24(26)27)20-11-7-4-8-12-20/h3-18H,1-2H3. The molecule has 5 rings (SSSR count). The van der Waals surface area contributed by atoms with Crippen LogP contribution in [0.2, 0.25) is 0 Å². The number of hydrogen-bond acceptors (Lipinski definition) is 1. The zero-order valence-electron chi connectivity index (χ0n) is 16.1. The molecule has 1 aliphatic heterocycles. The molecule has 1 nitrogen and oxygen atoms in total. The third-order valence-electron chi connectivity index (χ3n) is 5.74. The van der Waals surface area contributed by atoms with Crippen molar-refractivity contribution in [2.45, 2.75) is 19.3 Å². The fraction of sp³-hybridized carbons (Fsp3) is 0.111.